The minimum absolute atomic E-state index is 0.123. The second-order valence-corrected chi connectivity index (χ2v) is 8.27. The van der Waals surface area contributed by atoms with Crippen molar-refractivity contribution in [1.29, 1.82) is 0 Å². The molecule has 1 N–H and O–H groups in total. The van der Waals surface area contributed by atoms with Gasteiger partial charge in [-0.05, 0) is 29.7 Å². The number of hydrogen-bond acceptors (Lipinski definition) is 4. The molecule has 0 radical (unpaired) electrons. The highest BCUT2D eigenvalue weighted by atomic mass is 32.2. The highest BCUT2D eigenvalue weighted by Crippen LogP contribution is 2.12. The van der Waals surface area contributed by atoms with Crippen molar-refractivity contribution in [1.82, 2.24) is 9.62 Å². The average molecular weight is 391 g/mol. The molecule has 2 rings (SSSR count). The van der Waals surface area contributed by atoms with Gasteiger partial charge in [0.2, 0.25) is 15.9 Å². The number of methoxy groups -OCH3 is 1. The maximum Gasteiger partial charge on any atom is 0.221 e. The van der Waals surface area contributed by atoms with Gasteiger partial charge in [-0.3, -0.25) is 4.79 Å². The summed E-state index contributed by atoms with van der Waals surface area (Å²) in [5.74, 6) is 0.614. The monoisotopic (exact) mass is 390 g/mol. The quantitative estimate of drug-likeness (QED) is 0.675. The summed E-state index contributed by atoms with van der Waals surface area (Å²) in [5.41, 5.74) is 1.96. The van der Waals surface area contributed by atoms with Gasteiger partial charge in [-0.1, -0.05) is 42.5 Å². The van der Waals surface area contributed by atoms with Crippen LogP contribution in [0.15, 0.2) is 54.6 Å². The number of hydrogen-bond donors (Lipinski definition) is 1. The van der Waals surface area contributed by atoms with Gasteiger partial charge in [-0.25, -0.2) is 8.42 Å². The number of sulfonamides is 1. The van der Waals surface area contributed by atoms with Crippen LogP contribution in [0, 0.1) is 0 Å². The van der Waals surface area contributed by atoms with E-state index < -0.39 is 10.0 Å². The topological polar surface area (TPSA) is 75.7 Å². The van der Waals surface area contributed by atoms with Crippen LogP contribution in [-0.4, -0.2) is 45.1 Å². The molecule has 0 bridgehead atoms. The van der Waals surface area contributed by atoms with Gasteiger partial charge in [-0.15, -0.1) is 0 Å². The molecular formula is C20H26N2O4S. The molecule has 146 valence electrons. The van der Waals surface area contributed by atoms with Crippen LogP contribution in [0.4, 0.5) is 0 Å². The Bertz CT molecular complexity index is 838. The lowest BCUT2D eigenvalue weighted by Crippen LogP contribution is -2.34. The van der Waals surface area contributed by atoms with Gasteiger partial charge < -0.3 is 10.1 Å². The highest BCUT2D eigenvalue weighted by Gasteiger charge is 2.18. The van der Waals surface area contributed by atoms with E-state index in [4.69, 9.17) is 4.74 Å². The van der Waals surface area contributed by atoms with E-state index in [1.54, 1.807) is 7.11 Å². The van der Waals surface area contributed by atoms with Crippen molar-refractivity contribution in [3.63, 3.8) is 0 Å². The second kappa shape index (κ2) is 10.1. The van der Waals surface area contributed by atoms with E-state index in [1.165, 1.54) is 4.31 Å². The Morgan fingerprint density at radius 1 is 1.07 bits per heavy atom. The summed E-state index contributed by atoms with van der Waals surface area (Å²) in [7, 11) is -1.78. The molecule has 0 saturated carbocycles. The summed E-state index contributed by atoms with van der Waals surface area (Å²) >= 11 is 0. The third-order valence-corrected chi connectivity index (χ3v) is 5.38. The number of nitrogens with zero attached hydrogens (tertiary/aromatic N) is 1. The number of carbonyl (C=O) groups excluding carboxylic acids is 1. The van der Waals surface area contributed by atoms with E-state index >= 15 is 0 Å². The number of benzene rings is 2. The fraction of sp³-hybridized carbons (Fsp3) is 0.350. The summed E-state index contributed by atoms with van der Waals surface area (Å²) in [4.78, 5) is 12.1. The molecule has 0 heterocycles. The van der Waals surface area contributed by atoms with Crippen LogP contribution in [0.5, 0.6) is 5.75 Å². The van der Waals surface area contributed by atoms with E-state index in [9.17, 15) is 13.2 Å². The zero-order valence-corrected chi connectivity index (χ0v) is 16.5. The van der Waals surface area contributed by atoms with E-state index in [0.717, 1.165) is 23.1 Å². The van der Waals surface area contributed by atoms with Crippen molar-refractivity contribution in [2.24, 2.45) is 0 Å². The zero-order valence-electron chi connectivity index (χ0n) is 15.7. The largest absolute Gasteiger partial charge is 0.497 e. The normalized spacial score (nSPS) is 11.4. The van der Waals surface area contributed by atoms with Gasteiger partial charge in [0, 0.05) is 26.1 Å². The number of nitrogens with one attached hydrogen (secondary N) is 1. The molecule has 6 nitrogen and oxygen atoms in total. The Hall–Kier alpha value is -2.38. The van der Waals surface area contributed by atoms with Crippen molar-refractivity contribution < 1.29 is 17.9 Å². The molecule has 27 heavy (non-hydrogen) atoms. The Morgan fingerprint density at radius 2 is 1.78 bits per heavy atom. The summed E-state index contributed by atoms with van der Waals surface area (Å²) in [5, 5.41) is 2.84. The number of amides is 1. The SMILES string of the molecule is COc1cccc(CCNC(=O)CCN(Cc2ccccc2)S(C)(=O)=O)c1. The molecule has 7 heteroatoms. The van der Waals surface area contributed by atoms with Gasteiger partial charge in [-0.2, -0.15) is 4.31 Å². The summed E-state index contributed by atoms with van der Waals surface area (Å²) in [6.07, 6.45) is 1.97. The van der Waals surface area contributed by atoms with Crippen LogP contribution < -0.4 is 10.1 Å². The predicted molar refractivity (Wildman–Crippen MR) is 106 cm³/mol. The molecule has 0 aliphatic carbocycles. The van der Waals surface area contributed by atoms with Crippen LogP contribution in [0.2, 0.25) is 0 Å². The van der Waals surface area contributed by atoms with Crippen LogP contribution >= 0.6 is 0 Å². The van der Waals surface area contributed by atoms with Gasteiger partial charge in [0.1, 0.15) is 5.75 Å². The van der Waals surface area contributed by atoms with Gasteiger partial charge >= 0.3 is 0 Å². The molecule has 0 aromatic heterocycles. The molecule has 0 aliphatic heterocycles. The third-order valence-electron chi connectivity index (χ3n) is 4.13. The van der Waals surface area contributed by atoms with Crippen LogP contribution in [0.3, 0.4) is 0 Å². The summed E-state index contributed by atoms with van der Waals surface area (Å²) in [6.45, 7) is 0.902. The predicted octanol–water partition coefficient (Wildman–Crippen LogP) is 2.21. The van der Waals surface area contributed by atoms with E-state index in [1.807, 2.05) is 54.6 Å². The number of ether oxygens (including phenoxy) is 1. The summed E-state index contributed by atoms with van der Waals surface area (Å²) in [6, 6.07) is 17.0. The van der Waals surface area contributed by atoms with Gasteiger partial charge in [0.05, 0.1) is 13.4 Å². The first-order valence-electron chi connectivity index (χ1n) is 8.77. The smallest absolute Gasteiger partial charge is 0.221 e. The van der Waals surface area contributed by atoms with Crippen LogP contribution in [-0.2, 0) is 27.8 Å². The molecule has 0 atom stereocenters. The molecular weight excluding hydrogens is 364 g/mol. The standard InChI is InChI=1S/C20H26N2O4S/c1-26-19-10-6-9-17(15-19)11-13-21-20(23)12-14-22(27(2,24)25)16-18-7-4-3-5-8-18/h3-10,15H,11-14,16H2,1-2H3,(H,21,23). The Labute approximate surface area is 161 Å². The van der Waals surface area contributed by atoms with Crippen molar-refractivity contribution in [2.75, 3.05) is 26.5 Å². The molecule has 0 fully saturated rings. The van der Waals surface area contributed by atoms with Gasteiger partial charge in [0.15, 0.2) is 0 Å². The summed E-state index contributed by atoms with van der Waals surface area (Å²) < 4.78 is 30.5. The zero-order chi connectivity index (χ0) is 19.7. The van der Waals surface area contributed by atoms with E-state index in [-0.39, 0.29) is 25.4 Å². The Balaban J connectivity index is 1.81. The van der Waals surface area contributed by atoms with Crippen molar-refractivity contribution in [2.45, 2.75) is 19.4 Å². The molecule has 0 unspecified atom stereocenters. The number of carbonyl (C=O) groups is 1. The minimum Gasteiger partial charge on any atom is -0.497 e. The molecule has 1 amide bonds. The molecule has 0 spiro atoms. The van der Waals surface area contributed by atoms with Crippen molar-refractivity contribution in [3.05, 3.63) is 65.7 Å². The lowest BCUT2D eigenvalue weighted by Gasteiger charge is -2.19. The Morgan fingerprint density at radius 3 is 2.44 bits per heavy atom. The number of rotatable bonds is 10. The maximum atomic E-state index is 12.1. The minimum atomic E-state index is -3.39. The van der Waals surface area contributed by atoms with E-state index in [2.05, 4.69) is 5.32 Å². The fourth-order valence-electron chi connectivity index (χ4n) is 2.64. The van der Waals surface area contributed by atoms with Crippen LogP contribution in [0.25, 0.3) is 0 Å². The lowest BCUT2D eigenvalue weighted by molar-refractivity contribution is -0.121. The first-order valence-corrected chi connectivity index (χ1v) is 10.6. The van der Waals surface area contributed by atoms with Gasteiger partial charge in [0.25, 0.3) is 0 Å². The van der Waals surface area contributed by atoms with E-state index in [0.29, 0.717) is 13.0 Å². The molecule has 2 aromatic carbocycles. The third kappa shape index (κ3) is 7.40. The van der Waals surface area contributed by atoms with Crippen molar-refractivity contribution in [3.8, 4) is 5.75 Å². The Kier molecular flexibility index (Phi) is 7.82. The average Bonchev–Trinajstić information content (AvgIpc) is 2.65. The first kappa shape index (κ1) is 20.9. The van der Waals surface area contributed by atoms with Crippen LogP contribution in [0.1, 0.15) is 17.5 Å². The lowest BCUT2D eigenvalue weighted by atomic mass is 10.1. The molecule has 2 aromatic rings. The van der Waals surface area contributed by atoms with Crippen molar-refractivity contribution >= 4 is 15.9 Å². The maximum absolute atomic E-state index is 12.1. The fourth-order valence-corrected chi connectivity index (χ4v) is 3.44. The molecule has 0 aliphatic rings. The highest BCUT2D eigenvalue weighted by molar-refractivity contribution is 7.88. The molecule has 0 saturated heterocycles. The first-order chi connectivity index (χ1) is 12.9. The second-order valence-electron chi connectivity index (χ2n) is 6.28.